The molecule has 0 bridgehead atoms. The van der Waals surface area contributed by atoms with E-state index in [-0.39, 0.29) is 11.9 Å². The van der Waals surface area contributed by atoms with Crippen LogP contribution in [0.15, 0.2) is 11.4 Å². The zero-order chi connectivity index (χ0) is 17.1. The van der Waals surface area contributed by atoms with Gasteiger partial charge in [0.1, 0.15) is 11.1 Å². The Balaban J connectivity index is 1.60. The number of rotatable bonds is 5. The van der Waals surface area contributed by atoms with Crippen molar-refractivity contribution in [3.63, 3.8) is 0 Å². The number of hydrogen-bond acceptors (Lipinski definition) is 6. The number of carbonyl (C=O) groups is 1. The minimum Gasteiger partial charge on any atom is -0.383 e. The minimum atomic E-state index is -0.0430. The normalized spacial score (nSPS) is 24.3. The van der Waals surface area contributed by atoms with Crippen molar-refractivity contribution in [2.24, 2.45) is 0 Å². The van der Waals surface area contributed by atoms with Gasteiger partial charge < -0.3 is 9.64 Å². The number of thiophene rings is 1. The number of methoxy groups -OCH3 is 1. The lowest BCUT2D eigenvalue weighted by molar-refractivity contribution is -0.122. The lowest BCUT2D eigenvalue weighted by atomic mass is 10.1. The number of carbonyl (C=O) groups excluding carboxylic acids is 1. The predicted molar refractivity (Wildman–Crippen MR) is 94.3 cm³/mol. The molecule has 1 aromatic heterocycles. The van der Waals surface area contributed by atoms with Gasteiger partial charge in [0, 0.05) is 45.9 Å². The molecule has 0 N–H and O–H groups in total. The van der Waals surface area contributed by atoms with Crippen molar-refractivity contribution in [2.45, 2.75) is 25.4 Å². The van der Waals surface area contributed by atoms with E-state index in [9.17, 15) is 10.1 Å². The second kappa shape index (κ2) is 7.62. The Morgan fingerprint density at radius 3 is 2.79 bits per heavy atom. The zero-order valence-corrected chi connectivity index (χ0v) is 15.1. The van der Waals surface area contributed by atoms with E-state index in [1.165, 1.54) is 11.3 Å². The Morgan fingerprint density at radius 2 is 2.12 bits per heavy atom. The van der Waals surface area contributed by atoms with Gasteiger partial charge in [-0.3, -0.25) is 14.6 Å². The lowest BCUT2D eigenvalue weighted by Gasteiger charge is -2.39. The number of piperazine rings is 1. The number of ether oxygens (including phenoxy) is 1. The second-order valence-corrected chi connectivity index (χ2v) is 7.32. The van der Waals surface area contributed by atoms with Gasteiger partial charge in [-0.25, -0.2) is 0 Å². The van der Waals surface area contributed by atoms with Crippen molar-refractivity contribution < 1.29 is 9.53 Å². The SMILES string of the molecule is COC[C@H](C)N1CCN([C@H]2CCN(c3sccc3C#N)C2=O)CC1. The molecule has 0 unspecified atom stereocenters. The molecule has 0 radical (unpaired) electrons. The van der Waals surface area contributed by atoms with Crippen LogP contribution >= 0.6 is 11.3 Å². The summed E-state index contributed by atoms with van der Waals surface area (Å²) < 4.78 is 5.24. The first-order chi connectivity index (χ1) is 11.7. The van der Waals surface area contributed by atoms with E-state index < -0.39 is 0 Å². The Labute approximate surface area is 147 Å². The number of nitrogens with zero attached hydrogens (tertiary/aromatic N) is 4. The van der Waals surface area contributed by atoms with E-state index in [4.69, 9.17) is 4.74 Å². The van der Waals surface area contributed by atoms with Crippen LogP contribution in [-0.2, 0) is 9.53 Å². The lowest BCUT2D eigenvalue weighted by Crippen LogP contribution is -2.55. The van der Waals surface area contributed by atoms with Gasteiger partial charge in [0.25, 0.3) is 0 Å². The summed E-state index contributed by atoms with van der Waals surface area (Å²) in [4.78, 5) is 19.4. The maximum absolute atomic E-state index is 12.8. The van der Waals surface area contributed by atoms with Gasteiger partial charge in [-0.1, -0.05) is 0 Å². The van der Waals surface area contributed by atoms with Crippen molar-refractivity contribution in [3.05, 3.63) is 17.0 Å². The van der Waals surface area contributed by atoms with E-state index in [2.05, 4.69) is 22.8 Å². The van der Waals surface area contributed by atoms with Crippen LogP contribution in [0.3, 0.4) is 0 Å². The Hall–Kier alpha value is -1.46. The molecule has 2 aliphatic rings. The van der Waals surface area contributed by atoms with Crippen LogP contribution in [0.1, 0.15) is 18.9 Å². The summed E-state index contributed by atoms with van der Waals surface area (Å²) in [6.45, 7) is 7.39. The van der Waals surface area contributed by atoms with Gasteiger partial charge in [0.2, 0.25) is 5.91 Å². The van der Waals surface area contributed by atoms with Gasteiger partial charge in [0.15, 0.2) is 0 Å². The first-order valence-corrected chi connectivity index (χ1v) is 9.29. The van der Waals surface area contributed by atoms with Crippen molar-refractivity contribution in [2.75, 3.05) is 51.3 Å². The fraction of sp³-hybridized carbons (Fsp3) is 0.647. The molecule has 24 heavy (non-hydrogen) atoms. The third kappa shape index (κ3) is 3.33. The largest absolute Gasteiger partial charge is 0.383 e. The van der Waals surface area contributed by atoms with Crippen LogP contribution in [0.4, 0.5) is 5.00 Å². The van der Waals surface area contributed by atoms with E-state index >= 15 is 0 Å². The minimum absolute atomic E-state index is 0.0430. The Kier molecular flexibility index (Phi) is 5.51. The van der Waals surface area contributed by atoms with Crippen molar-refractivity contribution in [1.82, 2.24) is 9.80 Å². The van der Waals surface area contributed by atoms with Gasteiger partial charge in [0.05, 0.1) is 18.2 Å². The van der Waals surface area contributed by atoms with E-state index in [0.717, 1.165) is 44.2 Å². The first kappa shape index (κ1) is 17.4. The molecule has 2 saturated heterocycles. The van der Waals surface area contributed by atoms with Crippen molar-refractivity contribution in [3.8, 4) is 6.07 Å². The van der Waals surface area contributed by atoms with Crippen LogP contribution in [0, 0.1) is 11.3 Å². The first-order valence-electron chi connectivity index (χ1n) is 8.41. The highest BCUT2D eigenvalue weighted by atomic mass is 32.1. The number of amides is 1. The summed E-state index contributed by atoms with van der Waals surface area (Å²) in [7, 11) is 1.73. The molecule has 7 heteroatoms. The molecule has 0 aliphatic carbocycles. The van der Waals surface area contributed by atoms with Crippen molar-refractivity contribution in [1.29, 1.82) is 5.26 Å². The molecule has 3 heterocycles. The third-order valence-corrected chi connectivity index (χ3v) is 5.94. The molecule has 1 aromatic rings. The smallest absolute Gasteiger partial charge is 0.245 e. The topological polar surface area (TPSA) is 59.8 Å². The molecule has 130 valence electrons. The summed E-state index contributed by atoms with van der Waals surface area (Å²) in [6.07, 6.45) is 0.842. The predicted octanol–water partition coefficient (Wildman–Crippen LogP) is 1.38. The zero-order valence-electron chi connectivity index (χ0n) is 14.3. The van der Waals surface area contributed by atoms with Gasteiger partial charge in [-0.05, 0) is 24.8 Å². The summed E-state index contributed by atoms with van der Waals surface area (Å²) >= 11 is 1.48. The van der Waals surface area contributed by atoms with Crippen LogP contribution in [0.2, 0.25) is 0 Å². The molecular formula is C17H24N4O2S. The van der Waals surface area contributed by atoms with Gasteiger partial charge in [-0.2, -0.15) is 5.26 Å². The molecule has 2 atom stereocenters. The van der Waals surface area contributed by atoms with Gasteiger partial charge >= 0.3 is 0 Å². The molecule has 0 saturated carbocycles. The number of nitriles is 1. The third-order valence-electron chi connectivity index (χ3n) is 5.01. The molecule has 1 amide bonds. The monoisotopic (exact) mass is 348 g/mol. The fourth-order valence-electron chi connectivity index (χ4n) is 3.64. The highest BCUT2D eigenvalue weighted by Gasteiger charge is 2.39. The van der Waals surface area contributed by atoms with Crippen molar-refractivity contribution >= 4 is 22.2 Å². The van der Waals surface area contributed by atoms with Crippen LogP contribution in [-0.4, -0.2) is 74.2 Å². The summed E-state index contributed by atoms with van der Waals surface area (Å²) in [5, 5.41) is 11.9. The summed E-state index contributed by atoms with van der Waals surface area (Å²) in [5.74, 6) is 0.146. The maximum Gasteiger partial charge on any atom is 0.245 e. The molecule has 2 fully saturated rings. The highest BCUT2D eigenvalue weighted by Crippen LogP contribution is 2.32. The second-order valence-electron chi connectivity index (χ2n) is 6.42. The van der Waals surface area contributed by atoms with E-state index in [1.54, 1.807) is 18.1 Å². The fourth-order valence-corrected chi connectivity index (χ4v) is 4.52. The Morgan fingerprint density at radius 1 is 1.38 bits per heavy atom. The number of hydrogen-bond donors (Lipinski definition) is 0. The van der Waals surface area contributed by atoms with Crippen LogP contribution in [0.25, 0.3) is 0 Å². The molecule has 0 aromatic carbocycles. The van der Waals surface area contributed by atoms with E-state index in [1.807, 2.05) is 5.38 Å². The highest BCUT2D eigenvalue weighted by molar-refractivity contribution is 7.14. The number of anilines is 1. The Bertz CT molecular complexity index is 618. The molecule has 6 nitrogen and oxygen atoms in total. The molecule has 3 rings (SSSR count). The van der Waals surface area contributed by atoms with Gasteiger partial charge in [-0.15, -0.1) is 11.3 Å². The summed E-state index contributed by atoms with van der Waals surface area (Å²) in [5.41, 5.74) is 0.604. The average Bonchev–Trinajstić information content (AvgIpc) is 3.21. The molecular weight excluding hydrogens is 324 g/mol. The average molecular weight is 348 g/mol. The van der Waals surface area contributed by atoms with E-state index in [0.29, 0.717) is 18.2 Å². The molecule has 0 spiro atoms. The quantitative estimate of drug-likeness (QED) is 0.804. The summed E-state index contributed by atoms with van der Waals surface area (Å²) in [6, 6.07) is 4.34. The van der Waals surface area contributed by atoms with Crippen LogP contribution in [0.5, 0.6) is 0 Å². The van der Waals surface area contributed by atoms with Crippen LogP contribution < -0.4 is 4.90 Å². The molecule has 2 aliphatic heterocycles. The maximum atomic E-state index is 12.8. The standard InChI is InChI=1S/C17H24N4O2S/c1-13(12-23-2)19-6-8-20(9-7-19)15-3-5-21(16(15)22)17-14(11-18)4-10-24-17/h4,10,13,15H,3,5-9,12H2,1-2H3/t13-,15-/m0/s1.